The summed E-state index contributed by atoms with van der Waals surface area (Å²) in [6.45, 7) is -1.80. The average molecular weight is 368 g/mol. The summed E-state index contributed by atoms with van der Waals surface area (Å²) in [6, 6.07) is 2.83. The van der Waals surface area contributed by atoms with Gasteiger partial charge in [-0.3, -0.25) is 4.72 Å². The maximum Gasteiger partial charge on any atom is 0.402 e. The first kappa shape index (κ1) is 18.0. The normalized spacial score (nSPS) is 13.2. The van der Waals surface area contributed by atoms with Gasteiger partial charge in [0, 0.05) is 0 Å². The number of primary sulfonamides is 1. The van der Waals surface area contributed by atoms with E-state index in [2.05, 4.69) is 0 Å². The predicted octanol–water partition coefficient (Wildman–Crippen LogP) is 0.796. The van der Waals surface area contributed by atoms with Crippen molar-refractivity contribution in [3.8, 4) is 0 Å². The van der Waals surface area contributed by atoms with Crippen LogP contribution >= 0.6 is 11.6 Å². The molecule has 7 nitrogen and oxygen atoms in total. The lowest BCUT2D eigenvalue weighted by molar-refractivity contribution is -0.121. The molecule has 1 aromatic carbocycles. The van der Waals surface area contributed by atoms with Crippen molar-refractivity contribution >= 4 is 37.5 Å². The number of halogens is 4. The molecule has 4 N–H and O–H groups in total. The maximum absolute atomic E-state index is 11.9. The van der Waals surface area contributed by atoms with Gasteiger partial charge in [-0.2, -0.15) is 26.3 Å². The topological polar surface area (TPSA) is 118 Å². The van der Waals surface area contributed by atoms with Crippen LogP contribution in [0.5, 0.6) is 0 Å². The lowest BCUT2D eigenvalue weighted by Gasteiger charge is -2.12. The van der Waals surface area contributed by atoms with Crippen LogP contribution in [0.25, 0.3) is 0 Å². The third kappa shape index (κ3) is 6.05. The van der Waals surface area contributed by atoms with Crippen LogP contribution < -0.4 is 14.6 Å². The molecule has 0 saturated carbocycles. The Balaban J connectivity index is 3.02. The molecule has 21 heavy (non-hydrogen) atoms. The van der Waals surface area contributed by atoms with E-state index in [1.165, 1.54) is 4.72 Å². The van der Waals surface area contributed by atoms with Gasteiger partial charge >= 0.3 is 6.18 Å². The van der Waals surface area contributed by atoms with Crippen molar-refractivity contribution in [3.05, 3.63) is 23.2 Å². The van der Waals surface area contributed by atoms with Crippen LogP contribution in [0, 0.1) is 0 Å². The highest BCUT2D eigenvalue weighted by molar-refractivity contribution is 7.90. The molecule has 0 aliphatic carbocycles. The van der Waals surface area contributed by atoms with Gasteiger partial charge in [-0.05, 0) is 18.2 Å². The predicted molar refractivity (Wildman–Crippen MR) is 69.4 cm³/mol. The fourth-order valence-electron chi connectivity index (χ4n) is 1.12. The quantitative estimate of drug-likeness (QED) is 0.713. The van der Waals surface area contributed by atoms with Crippen LogP contribution in [0.15, 0.2) is 23.1 Å². The van der Waals surface area contributed by atoms with E-state index in [0.29, 0.717) is 0 Å². The molecule has 0 amide bonds. The second-order valence-electron chi connectivity index (χ2n) is 3.73. The molecule has 1 aromatic rings. The largest absolute Gasteiger partial charge is 0.402 e. The number of sulfonamides is 1. The van der Waals surface area contributed by atoms with E-state index in [1.807, 2.05) is 0 Å². The molecule has 0 atom stereocenters. The van der Waals surface area contributed by atoms with Gasteiger partial charge in [0.2, 0.25) is 10.0 Å². The molecule has 0 aliphatic rings. The minimum atomic E-state index is -4.75. The summed E-state index contributed by atoms with van der Waals surface area (Å²) in [5.74, 6) is 0. The number of hydrogen-bond donors (Lipinski definition) is 3. The van der Waals surface area contributed by atoms with Gasteiger partial charge in [0.1, 0.15) is 6.54 Å². The highest BCUT2D eigenvalue weighted by Gasteiger charge is 2.29. The zero-order valence-electron chi connectivity index (χ0n) is 9.98. The summed E-state index contributed by atoms with van der Waals surface area (Å²) >= 11 is 5.63. The van der Waals surface area contributed by atoms with Crippen LogP contribution in [0.2, 0.25) is 5.02 Å². The molecular weight excluding hydrogens is 359 g/mol. The van der Waals surface area contributed by atoms with Crippen molar-refractivity contribution in [3.63, 3.8) is 0 Å². The first-order valence-corrected chi connectivity index (χ1v) is 8.37. The molecule has 120 valence electrons. The minimum Gasteiger partial charge on any atom is -0.270 e. The van der Waals surface area contributed by atoms with Crippen molar-refractivity contribution in [2.75, 3.05) is 11.3 Å². The summed E-state index contributed by atoms with van der Waals surface area (Å²) in [5.41, 5.74) is -0.433. The van der Waals surface area contributed by atoms with Gasteiger partial charge in [0.25, 0.3) is 10.2 Å². The van der Waals surface area contributed by atoms with E-state index in [4.69, 9.17) is 16.7 Å². The van der Waals surface area contributed by atoms with Gasteiger partial charge in [0.05, 0.1) is 15.6 Å². The number of nitrogens with one attached hydrogen (secondary N) is 2. The SMILES string of the molecule is NS(=O)(=O)c1ccc(Cl)c(NS(=O)(=O)NCC(F)(F)F)c1. The van der Waals surface area contributed by atoms with Crippen molar-refractivity contribution < 1.29 is 30.0 Å². The second kappa shape index (κ2) is 5.96. The number of nitrogens with two attached hydrogens (primary N) is 1. The molecule has 13 heteroatoms. The Morgan fingerprint density at radius 1 is 1.19 bits per heavy atom. The highest BCUT2D eigenvalue weighted by atomic mass is 35.5. The Kier molecular flexibility index (Phi) is 5.10. The number of anilines is 1. The third-order valence-electron chi connectivity index (χ3n) is 1.97. The van der Waals surface area contributed by atoms with Crippen molar-refractivity contribution in [1.82, 2.24) is 4.72 Å². The molecular formula is C8H9ClF3N3O4S2. The molecule has 0 fully saturated rings. The van der Waals surface area contributed by atoms with Gasteiger partial charge in [0.15, 0.2) is 0 Å². The summed E-state index contributed by atoms with van der Waals surface area (Å²) in [4.78, 5) is -0.458. The standard InChI is InChI=1S/C8H9ClF3N3O4S2/c9-6-2-1-5(20(13,16)17)3-7(6)15-21(18,19)14-4-8(10,11)12/h1-3,14-15H,4H2,(H2,13,16,17). The highest BCUT2D eigenvalue weighted by Crippen LogP contribution is 2.25. The number of alkyl halides is 3. The Bertz CT molecular complexity index is 734. The summed E-state index contributed by atoms with van der Waals surface area (Å²) in [6.07, 6.45) is -4.75. The van der Waals surface area contributed by atoms with Crippen LogP contribution in [0.1, 0.15) is 0 Å². The van der Waals surface area contributed by atoms with Crippen LogP contribution in [-0.2, 0) is 20.2 Å². The Labute approximate surface area is 123 Å². The summed E-state index contributed by atoms with van der Waals surface area (Å²) < 4.78 is 83.8. The van der Waals surface area contributed by atoms with E-state index < -0.39 is 43.5 Å². The van der Waals surface area contributed by atoms with Gasteiger partial charge in [-0.1, -0.05) is 11.6 Å². The molecule has 0 saturated heterocycles. The molecule has 0 aromatic heterocycles. The van der Waals surface area contributed by atoms with Crippen LogP contribution in [0.4, 0.5) is 18.9 Å². The zero-order chi connectivity index (χ0) is 16.5. The molecule has 0 spiro atoms. The van der Waals surface area contributed by atoms with Crippen molar-refractivity contribution in [2.45, 2.75) is 11.1 Å². The monoisotopic (exact) mass is 367 g/mol. The van der Waals surface area contributed by atoms with Gasteiger partial charge in [-0.15, -0.1) is 0 Å². The van der Waals surface area contributed by atoms with Gasteiger partial charge in [-0.25, -0.2) is 13.6 Å². The van der Waals surface area contributed by atoms with Gasteiger partial charge < -0.3 is 0 Å². The Morgan fingerprint density at radius 3 is 2.24 bits per heavy atom. The zero-order valence-corrected chi connectivity index (χ0v) is 12.4. The maximum atomic E-state index is 11.9. The molecule has 1 rings (SSSR count). The van der Waals surface area contributed by atoms with E-state index >= 15 is 0 Å². The lowest BCUT2D eigenvalue weighted by atomic mass is 10.3. The van der Waals surface area contributed by atoms with E-state index in [-0.39, 0.29) is 5.02 Å². The molecule has 0 heterocycles. The van der Waals surface area contributed by atoms with Crippen LogP contribution in [-0.4, -0.2) is 29.6 Å². The smallest absolute Gasteiger partial charge is 0.270 e. The van der Waals surface area contributed by atoms with E-state index in [0.717, 1.165) is 18.2 Å². The minimum absolute atomic E-state index is 0.222. The first-order valence-electron chi connectivity index (χ1n) is 4.97. The van der Waals surface area contributed by atoms with E-state index in [9.17, 15) is 30.0 Å². The lowest BCUT2D eigenvalue weighted by Crippen LogP contribution is -2.37. The Morgan fingerprint density at radius 2 is 1.76 bits per heavy atom. The third-order valence-corrected chi connectivity index (χ3v) is 4.23. The Hall–Kier alpha value is -1.08. The number of hydrogen-bond acceptors (Lipinski definition) is 4. The number of rotatable bonds is 5. The summed E-state index contributed by atoms with van der Waals surface area (Å²) in [5, 5.41) is 4.62. The number of benzene rings is 1. The van der Waals surface area contributed by atoms with E-state index in [1.54, 1.807) is 4.72 Å². The summed E-state index contributed by atoms with van der Waals surface area (Å²) in [7, 11) is -8.72. The molecule has 0 unspecified atom stereocenters. The molecule has 0 aliphatic heterocycles. The molecule has 0 radical (unpaired) electrons. The van der Waals surface area contributed by atoms with Crippen molar-refractivity contribution in [2.24, 2.45) is 5.14 Å². The average Bonchev–Trinajstić information content (AvgIpc) is 2.27. The fraction of sp³-hybridized carbons (Fsp3) is 0.250. The first-order chi connectivity index (χ1) is 9.30. The van der Waals surface area contributed by atoms with Crippen LogP contribution in [0.3, 0.4) is 0 Å². The fourth-order valence-corrected chi connectivity index (χ4v) is 2.76. The molecule has 0 bridgehead atoms. The van der Waals surface area contributed by atoms with Crippen molar-refractivity contribution in [1.29, 1.82) is 0 Å². The second-order valence-corrected chi connectivity index (χ2v) is 7.20.